The molecule has 0 fully saturated rings. The van der Waals surface area contributed by atoms with E-state index in [1.165, 1.54) is 24.3 Å². The lowest BCUT2D eigenvalue weighted by Gasteiger charge is -2.33. The van der Waals surface area contributed by atoms with Crippen LogP contribution < -0.4 is 9.47 Å². The van der Waals surface area contributed by atoms with Crippen LogP contribution in [-0.4, -0.2) is 56.1 Å². The Hall–Kier alpha value is -4.60. The van der Waals surface area contributed by atoms with Gasteiger partial charge in [0, 0.05) is 6.42 Å². The minimum Gasteiger partial charge on any atom is -0.462 e. The fourth-order valence-corrected chi connectivity index (χ4v) is 7.70. The maximum atomic E-state index is 13.9. The first-order chi connectivity index (χ1) is 31.0. The summed E-state index contributed by atoms with van der Waals surface area (Å²) < 4.78 is 36.6. The van der Waals surface area contributed by atoms with Gasteiger partial charge in [-0.25, -0.2) is 19.2 Å². The van der Waals surface area contributed by atoms with Crippen LogP contribution in [0, 0.1) is 23.7 Å². The van der Waals surface area contributed by atoms with Gasteiger partial charge in [-0.15, -0.1) is 0 Å². The molecule has 0 amide bonds. The van der Waals surface area contributed by atoms with E-state index in [9.17, 15) is 19.2 Å². The standard InChI is InChI=1S/C54H80O10/c1-9-17-24-40(13-5)36-59-50(55)46-30-28-44(34-48(46)52(57)61-38-42(15-7)26-19-11-3)63-54(32-22-21-23-33-54)64-45-29-31-47(51(56)60-37-41(14-6)25-18-10-2)49(35-45)53(58)62-39-43(16-8)27-20-12-4/h21-23,28-32,34-35,40-43H,9-20,24-27,33,36-39H2,1-8H3. The quantitative estimate of drug-likeness (QED) is 0.0398. The molecule has 64 heavy (non-hydrogen) atoms. The summed E-state index contributed by atoms with van der Waals surface area (Å²) in [5, 5.41) is 0. The van der Waals surface area contributed by atoms with Crippen molar-refractivity contribution in [3.05, 3.63) is 83.0 Å². The van der Waals surface area contributed by atoms with Gasteiger partial charge in [0.25, 0.3) is 5.79 Å². The summed E-state index contributed by atoms with van der Waals surface area (Å²) in [4.78, 5) is 55.1. The number of unbranched alkanes of at least 4 members (excludes halogenated alkanes) is 4. The van der Waals surface area contributed by atoms with Crippen LogP contribution in [0.4, 0.5) is 0 Å². The highest BCUT2D eigenvalue weighted by Crippen LogP contribution is 2.33. The van der Waals surface area contributed by atoms with E-state index in [-0.39, 0.29) is 90.3 Å². The molecule has 0 aromatic heterocycles. The third kappa shape index (κ3) is 17.8. The molecule has 1 aliphatic rings. The molecule has 3 rings (SSSR count). The summed E-state index contributed by atoms with van der Waals surface area (Å²) in [6.45, 7) is 17.9. The minimum absolute atomic E-state index is 0.0390. The Morgan fingerprint density at radius 1 is 0.469 bits per heavy atom. The molecule has 356 valence electrons. The Labute approximate surface area is 385 Å². The van der Waals surface area contributed by atoms with Gasteiger partial charge in [0.05, 0.1) is 48.7 Å². The Balaban J connectivity index is 2.00. The largest absolute Gasteiger partial charge is 0.462 e. The molecular weight excluding hydrogens is 809 g/mol. The van der Waals surface area contributed by atoms with Gasteiger partial charge in [-0.1, -0.05) is 151 Å². The van der Waals surface area contributed by atoms with Crippen molar-refractivity contribution in [1.82, 2.24) is 0 Å². The van der Waals surface area contributed by atoms with Crippen LogP contribution in [0.5, 0.6) is 11.5 Å². The van der Waals surface area contributed by atoms with Gasteiger partial charge in [0.1, 0.15) is 11.5 Å². The summed E-state index contributed by atoms with van der Waals surface area (Å²) in [5.74, 6) is -2.58. The molecule has 0 radical (unpaired) electrons. The van der Waals surface area contributed by atoms with Crippen molar-refractivity contribution in [3.8, 4) is 11.5 Å². The first-order valence-corrected chi connectivity index (χ1v) is 24.7. The zero-order valence-corrected chi connectivity index (χ0v) is 40.5. The average Bonchev–Trinajstić information content (AvgIpc) is 3.31. The summed E-state index contributed by atoms with van der Waals surface area (Å²) >= 11 is 0. The maximum Gasteiger partial charge on any atom is 0.339 e. The zero-order chi connectivity index (χ0) is 46.7. The first kappa shape index (κ1) is 53.7. The highest BCUT2D eigenvalue weighted by atomic mass is 16.7. The molecule has 10 heteroatoms. The molecule has 1 aliphatic carbocycles. The summed E-state index contributed by atoms with van der Waals surface area (Å²) in [5.41, 5.74) is 0.272. The molecule has 0 bridgehead atoms. The van der Waals surface area contributed by atoms with Gasteiger partial charge in [0.15, 0.2) is 0 Å². The zero-order valence-electron chi connectivity index (χ0n) is 40.5. The molecule has 0 aliphatic heterocycles. The van der Waals surface area contributed by atoms with Crippen molar-refractivity contribution in [2.24, 2.45) is 23.7 Å². The lowest BCUT2D eigenvalue weighted by molar-refractivity contribution is -0.0689. The molecule has 0 saturated carbocycles. The van der Waals surface area contributed by atoms with Crippen LogP contribution in [0.1, 0.15) is 206 Å². The molecule has 2 aromatic carbocycles. The molecule has 0 N–H and O–H groups in total. The maximum absolute atomic E-state index is 13.9. The number of carbonyl (C=O) groups excluding carboxylic acids is 4. The van der Waals surface area contributed by atoms with Crippen LogP contribution in [0.15, 0.2) is 60.7 Å². The van der Waals surface area contributed by atoms with E-state index in [0.717, 1.165) is 103 Å². The first-order valence-electron chi connectivity index (χ1n) is 24.7. The van der Waals surface area contributed by atoms with Crippen molar-refractivity contribution in [1.29, 1.82) is 0 Å². The van der Waals surface area contributed by atoms with Crippen molar-refractivity contribution >= 4 is 23.9 Å². The van der Waals surface area contributed by atoms with Crippen LogP contribution >= 0.6 is 0 Å². The molecule has 4 unspecified atom stereocenters. The third-order valence-corrected chi connectivity index (χ3v) is 12.4. The average molecular weight is 889 g/mol. The summed E-state index contributed by atoms with van der Waals surface area (Å²) in [7, 11) is 0. The second kappa shape index (κ2) is 29.8. The Kier molecular flexibility index (Phi) is 25.0. The predicted octanol–water partition coefficient (Wildman–Crippen LogP) is 13.8. The monoisotopic (exact) mass is 889 g/mol. The molecule has 4 atom stereocenters. The van der Waals surface area contributed by atoms with Gasteiger partial charge >= 0.3 is 23.9 Å². The number of ether oxygens (including phenoxy) is 6. The van der Waals surface area contributed by atoms with E-state index in [2.05, 4.69) is 55.4 Å². The normalized spacial score (nSPS) is 16.3. The van der Waals surface area contributed by atoms with Gasteiger partial charge < -0.3 is 28.4 Å². The SMILES string of the molecule is CCCCC(CC)COC(=O)c1ccc(OC2(Oc3ccc(C(=O)OCC(CC)CCCC)c(C(=O)OCC(CC)CCCC)c3)C=CC=CC2)cc1C(=O)OCC(CC)CCCC. The van der Waals surface area contributed by atoms with Crippen LogP contribution in [0.2, 0.25) is 0 Å². The lowest BCUT2D eigenvalue weighted by atomic mass is 10.00. The van der Waals surface area contributed by atoms with Crippen LogP contribution in [-0.2, 0) is 18.9 Å². The second-order valence-corrected chi connectivity index (χ2v) is 17.5. The molecule has 2 aromatic rings. The molecule has 0 spiro atoms. The van der Waals surface area contributed by atoms with Crippen molar-refractivity contribution < 1.29 is 47.6 Å². The van der Waals surface area contributed by atoms with E-state index in [1.807, 2.05) is 12.2 Å². The number of carbonyl (C=O) groups is 4. The van der Waals surface area contributed by atoms with E-state index in [4.69, 9.17) is 28.4 Å². The Morgan fingerprint density at radius 2 is 0.797 bits per heavy atom. The number of esters is 4. The predicted molar refractivity (Wildman–Crippen MR) is 254 cm³/mol. The summed E-state index contributed by atoms with van der Waals surface area (Å²) in [6.07, 6.45) is 23.2. The fourth-order valence-electron chi connectivity index (χ4n) is 7.70. The van der Waals surface area contributed by atoms with E-state index in [0.29, 0.717) is 0 Å². The van der Waals surface area contributed by atoms with E-state index < -0.39 is 29.7 Å². The molecule has 10 nitrogen and oxygen atoms in total. The van der Waals surface area contributed by atoms with Crippen molar-refractivity contribution in [3.63, 3.8) is 0 Å². The van der Waals surface area contributed by atoms with Gasteiger partial charge in [-0.3, -0.25) is 0 Å². The Morgan fingerprint density at radius 3 is 1.08 bits per heavy atom. The topological polar surface area (TPSA) is 124 Å². The van der Waals surface area contributed by atoms with Crippen LogP contribution in [0.3, 0.4) is 0 Å². The van der Waals surface area contributed by atoms with Crippen LogP contribution in [0.25, 0.3) is 0 Å². The van der Waals surface area contributed by atoms with Gasteiger partial charge in [0.2, 0.25) is 0 Å². The number of hydrogen-bond acceptors (Lipinski definition) is 10. The third-order valence-electron chi connectivity index (χ3n) is 12.4. The molecule has 0 heterocycles. The number of hydrogen-bond donors (Lipinski definition) is 0. The van der Waals surface area contributed by atoms with Gasteiger partial charge in [-0.05, 0) is 91.8 Å². The van der Waals surface area contributed by atoms with E-state index in [1.54, 1.807) is 24.3 Å². The second-order valence-electron chi connectivity index (χ2n) is 17.5. The van der Waals surface area contributed by atoms with Crippen molar-refractivity contribution in [2.75, 3.05) is 26.4 Å². The van der Waals surface area contributed by atoms with Crippen molar-refractivity contribution in [2.45, 2.75) is 170 Å². The lowest BCUT2D eigenvalue weighted by Crippen LogP contribution is -2.41. The Bertz CT molecular complexity index is 1670. The highest BCUT2D eigenvalue weighted by molar-refractivity contribution is 6.04. The molecule has 0 saturated heterocycles. The smallest absolute Gasteiger partial charge is 0.339 e. The van der Waals surface area contributed by atoms with Gasteiger partial charge in [-0.2, -0.15) is 0 Å². The number of allylic oxidation sites excluding steroid dienone is 2. The summed E-state index contributed by atoms with van der Waals surface area (Å²) in [6, 6.07) is 9.32. The molecular formula is C54H80O10. The highest BCUT2D eigenvalue weighted by Gasteiger charge is 2.34. The minimum atomic E-state index is -1.44. The fraction of sp³-hybridized carbons (Fsp3) is 0.630. The number of benzene rings is 2. The number of rotatable bonds is 32. The van der Waals surface area contributed by atoms with E-state index >= 15 is 0 Å².